The minimum atomic E-state index is -1.45. The summed E-state index contributed by atoms with van der Waals surface area (Å²) in [4.78, 5) is 0. The SMILES string of the molecule is OC[C@H]1O[C@@H](c2ccc(Cl)c(Cc3ccc(OCC4(CF)COC4)cc3)c2)[C@H](O)C(O)[C@@H]1O. The van der Waals surface area contributed by atoms with Crippen molar-refractivity contribution in [3.63, 3.8) is 0 Å². The molecule has 0 spiro atoms. The molecule has 0 bridgehead atoms. The van der Waals surface area contributed by atoms with Crippen molar-refractivity contribution in [1.29, 1.82) is 0 Å². The van der Waals surface area contributed by atoms with Crippen LogP contribution in [0.1, 0.15) is 22.8 Å². The maximum absolute atomic E-state index is 13.2. The van der Waals surface area contributed by atoms with Crippen LogP contribution in [-0.2, 0) is 15.9 Å². The van der Waals surface area contributed by atoms with E-state index in [1.165, 1.54) is 0 Å². The zero-order chi connectivity index (χ0) is 23.6. The van der Waals surface area contributed by atoms with Gasteiger partial charge in [-0.15, -0.1) is 0 Å². The standard InChI is InChI=1S/C24H28ClFO7/c25-18-6-3-15(23-22(30)21(29)20(28)19(9-27)33-23)8-16(18)7-14-1-4-17(5-2-14)32-13-24(10-26)11-31-12-24/h1-6,8,19-23,27-30H,7,9-13H2/t19-,20-,21?,22-,23+/m1/s1. The smallest absolute Gasteiger partial charge is 0.119 e. The van der Waals surface area contributed by atoms with Gasteiger partial charge >= 0.3 is 0 Å². The molecule has 4 rings (SSSR count). The Morgan fingerprint density at radius 1 is 1.03 bits per heavy atom. The van der Waals surface area contributed by atoms with Crippen molar-refractivity contribution in [1.82, 2.24) is 0 Å². The van der Waals surface area contributed by atoms with Crippen LogP contribution in [0, 0.1) is 5.41 Å². The van der Waals surface area contributed by atoms with Crippen LogP contribution in [0.15, 0.2) is 42.5 Å². The Balaban J connectivity index is 1.45. The molecule has 1 unspecified atom stereocenters. The van der Waals surface area contributed by atoms with Gasteiger partial charge in [0.25, 0.3) is 0 Å². The molecule has 0 saturated carbocycles. The van der Waals surface area contributed by atoms with E-state index in [1.807, 2.05) is 24.3 Å². The highest BCUT2D eigenvalue weighted by atomic mass is 35.5. The molecule has 2 aliphatic heterocycles. The first kappa shape index (κ1) is 24.3. The summed E-state index contributed by atoms with van der Waals surface area (Å²) >= 11 is 6.39. The Hall–Kier alpha value is -1.78. The van der Waals surface area contributed by atoms with E-state index in [4.69, 9.17) is 25.8 Å². The van der Waals surface area contributed by atoms with Gasteiger partial charge in [-0.25, -0.2) is 0 Å². The van der Waals surface area contributed by atoms with Crippen molar-refractivity contribution < 1.29 is 39.0 Å². The fraction of sp³-hybridized carbons (Fsp3) is 0.500. The van der Waals surface area contributed by atoms with Crippen LogP contribution < -0.4 is 4.74 Å². The molecule has 9 heteroatoms. The average molecular weight is 483 g/mol. The molecule has 0 aliphatic carbocycles. The summed E-state index contributed by atoms with van der Waals surface area (Å²) in [5.74, 6) is 0.639. The minimum Gasteiger partial charge on any atom is -0.493 e. The molecule has 7 nitrogen and oxygen atoms in total. The molecular formula is C24H28ClFO7. The second-order valence-corrected chi connectivity index (χ2v) is 9.24. The van der Waals surface area contributed by atoms with Gasteiger partial charge in [0, 0.05) is 5.02 Å². The third kappa shape index (κ3) is 5.17. The summed E-state index contributed by atoms with van der Waals surface area (Å²) < 4.78 is 29.7. The lowest BCUT2D eigenvalue weighted by Gasteiger charge is -2.40. The molecule has 2 heterocycles. The van der Waals surface area contributed by atoms with Crippen LogP contribution in [0.5, 0.6) is 5.75 Å². The number of alkyl halides is 1. The highest BCUT2D eigenvalue weighted by Gasteiger charge is 2.44. The maximum Gasteiger partial charge on any atom is 0.119 e. The normalized spacial score (nSPS) is 28.8. The summed E-state index contributed by atoms with van der Waals surface area (Å²) in [7, 11) is 0. The third-order valence-electron chi connectivity index (χ3n) is 6.25. The van der Waals surface area contributed by atoms with Gasteiger partial charge in [-0.1, -0.05) is 35.9 Å². The predicted molar refractivity (Wildman–Crippen MR) is 118 cm³/mol. The van der Waals surface area contributed by atoms with E-state index in [0.717, 1.165) is 11.1 Å². The van der Waals surface area contributed by atoms with Crippen LogP contribution >= 0.6 is 11.6 Å². The first-order valence-corrected chi connectivity index (χ1v) is 11.2. The lowest BCUT2D eigenvalue weighted by atomic mass is 9.89. The molecule has 180 valence electrons. The van der Waals surface area contributed by atoms with E-state index < -0.39 is 49.2 Å². The lowest BCUT2D eigenvalue weighted by molar-refractivity contribution is -0.231. The van der Waals surface area contributed by atoms with Crippen molar-refractivity contribution in [3.8, 4) is 5.75 Å². The van der Waals surface area contributed by atoms with E-state index in [2.05, 4.69) is 0 Å². The van der Waals surface area contributed by atoms with Crippen molar-refractivity contribution in [3.05, 3.63) is 64.2 Å². The van der Waals surface area contributed by atoms with Crippen LogP contribution in [0.2, 0.25) is 5.02 Å². The van der Waals surface area contributed by atoms with Gasteiger partial charge in [-0.3, -0.25) is 4.39 Å². The molecule has 0 amide bonds. The quantitative estimate of drug-likeness (QED) is 0.454. The van der Waals surface area contributed by atoms with Gasteiger partial charge in [0.1, 0.15) is 49.6 Å². The first-order valence-electron chi connectivity index (χ1n) is 10.8. The third-order valence-corrected chi connectivity index (χ3v) is 6.62. The Labute approximate surface area is 196 Å². The van der Waals surface area contributed by atoms with Crippen molar-refractivity contribution in [2.24, 2.45) is 5.41 Å². The van der Waals surface area contributed by atoms with Crippen molar-refractivity contribution in [2.75, 3.05) is 33.1 Å². The molecule has 2 fully saturated rings. The number of benzene rings is 2. The largest absolute Gasteiger partial charge is 0.493 e. The van der Waals surface area contributed by atoms with Gasteiger partial charge < -0.3 is 34.6 Å². The summed E-state index contributed by atoms with van der Waals surface area (Å²) in [6, 6.07) is 12.6. The summed E-state index contributed by atoms with van der Waals surface area (Å²) in [6.07, 6.45) is -5.64. The van der Waals surface area contributed by atoms with E-state index in [0.29, 0.717) is 36.0 Å². The number of halogens is 2. The number of aliphatic hydroxyl groups excluding tert-OH is 4. The van der Waals surface area contributed by atoms with Crippen LogP contribution in [-0.4, -0.2) is 77.9 Å². The Bertz CT molecular complexity index is 929. The second-order valence-electron chi connectivity index (χ2n) is 8.84. The van der Waals surface area contributed by atoms with Crippen molar-refractivity contribution in [2.45, 2.75) is 36.9 Å². The van der Waals surface area contributed by atoms with Gasteiger partial charge in [-0.2, -0.15) is 0 Å². The molecule has 2 aromatic carbocycles. The molecule has 2 saturated heterocycles. The molecular weight excluding hydrogens is 455 g/mol. The van der Waals surface area contributed by atoms with Gasteiger partial charge in [-0.05, 0) is 41.3 Å². The van der Waals surface area contributed by atoms with Crippen LogP contribution in [0.4, 0.5) is 4.39 Å². The molecule has 2 aliphatic rings. The zero-order valence-electron chi connectivity index (χ0n) is 17.9. The minimum absolute atomic E-state index is 0.260. The molecule has 0 radical (unpaired) electrons. The van der Waals surface area contributed by atoms with Gasteiger partial charge in [0.2, 0.25) is 0 Å². The summed E-state index contributed by atoms with van der Waals surface area (Å²) in [5, 5.41) is 40.4. The molecule has 5 atom stereocenters. The number of ether oxygens (including phenoxy) is 3. The predicted octanol–water partition coefficient (Wildman–Crippen LogP) is 1.81. The molecule has 0 aromatic heterocycles. The lowest BCUT2D eigenvalue weighted by Crippen LogP contribution is -2.55. The monoisotopic (exact) mass is 482 g/mol. The highest BCUT2D eigenvalue weighted by Crippen LogP contribution is 2.35. The topological polar surface area (TPSA) is 109 Å². The molecule has 2 aromatic rings. The summed E-state index contributed by atoms with van der Waals surface area (Å²) in [6.45, 7) is 0.0235. The van der Waals surface area contributed by atoms with Gasteiger partial charge in [0.05, 0.1) is 25.2 Å². The number of hydrogen-bond donors (Lipinski definition) is 4. The maximum atomic E-state index is 13.2. The van der Waals surface area contributed by atoms with E-state index >= 15 is 0 Å². The Kier molecular flexibility index (Phi) is 7.55. The Morgan fingerprint density at radius 2 is 1.76 bits per heavy atom. The van der Waals surface area contributed by atoms with Gasteiger partial charge in [0.15, 0.2) is 0 Å². The zero-order valence-corrected chi connectivity index (χ0v) is 18.7. The van der Waals surface area contributed by atoms with Crippen LogP contribution in [0.25, 0.3) is 0 Å². The summed E-state index contributed by atoms with van der Waals surface area (Å²) in [5.41, 5.74) is 1.77. The number of rotatable bonds is 8. The Morgan fingerprint density at radius 3 is 2.36 bits per heavy atom. The molecule has 4 N–H and O–H groups in total. The van der Waals surface area contributed by atoms with Crippen LogP contribution in [0.3, 0.4) is 0 Å². The fourth-order valence-electron chi connectivity index (χ4n) is 4.03. The van der Waals surface area contributed by atoms with E-state index in [-0.39, 0.29) is 6.61 Å². The fourth-order valence-corrected chi connectivity index (χ4v) is 4.22. The average Bonchev–Trinajstić information content (AvgIpc) is 2.80. The van der Waals surface area contributed by atoms with E-state index in [1.54, 1.807) is 18.2 Å². The number of aliphatic hydroxyl groups is 4. The highest BCUT2D eigenvalue weighted by molar-refractivity contribution is 6.31. The van der Waals surface area contributed by atoms with Crippen molar-refractivity contribution >= 4 is 11.6 Å². The second kappa shape index (κ2) is 10.2. The first-order chi connectivity index (χ1) is 15.9. The van der Waals surface area contributed by atoms with E-state index in [9.17, 15) is 24.8 Å². The molecule has 33 heavy (non-hydrogen) atoms. The number of hydrogen-bond acceptors (Lipinski definition) is 7.